The molecule has 0 aliphatic rings. The van der Waals surface area contributed by atoms with Gasteiger partial charge in [0.1, 0.15) is 0 Å². The van der Waals surface area contributed by atoms with Crippen molar-refractivity contribution >= 4 is 21.5 Å². The van der Waals surface area contributed by atoms with Crippen LogP contribution in [0.4, 0.5) is 0 Å². The van der Waals surface area contributed by atoms with Gasteiger partial charge in [0.05, 0.1) is 14.2 Å². The molecule has 98 valence electrons. The van der Waals surface area contributed by atoms with Crippen LogP contribution in [0.15, 0.2) is 53.5 Å². The minimum Gasteiger partial charge on any atom is -0.493 e. The molecule has 2 aromatic rings. The third-order valence-electron chi connectivity index (χ3n) is 2.92. The van der Waals surface area contributed by atoms with Gasteiger partial charge in [0.25, 0.3) is 0 Å². The van der Waals surface area contributed by atoms with E-state index in [2.05, 4.69) is 22.5 Å². The van der Waals surface area contributed by atoms with Crippen LogP contribution in [-0.4, -0.2) is 14.2 Å². The Morgan fingerprint density at radius 1 is 0.895 bits per heavy atom. The van der Waals surface area contributed by atoms with Crippen molar-refractivity contribution in [2.24, 2.45) is 0 Å². The molecule has 2 nitrogen and oxygen atoms in total. The molecule has 0 aromatic heterocycles. The van der Waals surface area contributed by atoms with E-state index in [0.717, 1.165) is 26.9 Å². The molecule has 0 unspecified atom stereocenters. The van der Waals surface area contributed by atoms with Gasteiger partial charge in [0.15, 0.2) is 11.5 Å². The van der Waals surface area contributed by atoms with Crippen molar-refractivity contribution in [3.8, 4) is 11.5 Å². The van der Waals surface area contributed by atoms with Crippen LogP contribution in [0.1, 0.15) is 11.1 Å². The number of hydrogen-bond acceptors (Lipinski definition) is 2. The lowest BCUT2D eigenvalue weighted by Crippen LogP contribution is -1.93. The molecule has 19 heavy (non-hydrogen) atoms. The molecule has 0 saturated heterocycles. The Morgan fingerprint density at radius 3 is 2.05 bits per heavy atom. The van der Waals surface area contributed by atoms with E-state index in [1.807, 2.05) is 42.5 Å². The summed E-state index contributed by atoms with van der Waals surface area (Å²) in [5.41, 5.74) is 3.05. The van der Waals surface area contributed by atoms with Gasteiger partial charge in [0.2, 0.25) is 0 Å². The molecule has 0 spiro atoms. The van der Waals surface area contributed by atoms with Crippen molar-refractivity contribution in [1.82, 2.24) is 0 Å². The summed E-state index contributed by atoms with van der Waals surface area (Å²) >= 11 is 3.43. The number of benzene rings is 2. The average molecular weight is 319 g/mol. The summed E-state index contributed by atoms with van der Waals surface area (Å²) in [5, 5.41) is 0. The zero-order chi connectivity index (χ0) is 13.8. The Labute approximate surface area is 121 Å². The fraction of sp³-hybridized carbons (Fsp3) is 0.125. The lowest BCUT2D eigenvalue weighted by Gasteiger charge is -2.11. The van der Waals surface area contributed by atoms with Crippen LogP contribution in [-0.2, 0) is 0 Å². The predicted molar refractivity (Wildman–Crippen MR) is 81.8 cm³/mol. The molecule has 0 N–H and O–H groups in total. The van der Waals surface area contributed by atoms with Crippen molar-refractivity contribution < 1.29 is 9.47 Å². The van der Waals surface area contributed by atoms with E-state index in [-0.39, 0.29) is 0 Å². The van der Waals surface area contributed by atoms with Gasteiger partial charge in [-0.3, -0.25) is 0 Å². The van der Waals surface area contributed by atoms with Crippen molar-refractivity contribution in [2.45, 2.75) is 0 Å². The van der Waals surface area contributed by atoms with Gasteiger partial charge in [-0.1, -0.05) is 40.7 Å². The van der Waals surface area contributed by atoms with Crippen LogP contribution in [0, 0.1) is 0 Å². The van der Waals surface area contributed by atoms with Crippen LogP contribution in [0.5, 0.6) is 11.5 Å². The van der Waals surface area contributed by atoms with E-state index in [9.17, 15) is 0 Å². The fourth-order valence-electron chi connectivity index (χ4n) is 1.84. The van der Waals surface area contributed by atoms with Crippen LogP contribution < -0.4 is 9.47 Å². The molecule has 0 atom stereocenters. The molecule has 0 amide bonds. The zero-order valence-electron chi connectivity index (χ0n) is 10.9. The van der Waals surface area contributed by atoms with Crippen LogP contribution >= 0.6 is 15.9 Å². The highest BCUT2D eigenvalue weighted by Crippen LogP contribution is 2.32. The third kappa shape index (κ3) is 2.99. The van der Waals surface area contributed by atoms with E-state index in [1.165, 1.54) is 0 Å². The van der Waals surface area contributed by atoms with Gasteiger partial charge >= 0.3 is 0 Å². The SMILES string of the molecule is C=C(c1ccc(Br)cc1)c1ccc(OC)c(OC)c1. The van der Waals surface area contributed by atoms with Crippen molar-refractivity contribution in [3.63, 3.8) is 0 Å². The van der Waals surface area contributed by atoms with Crippen LogP contribution in [0.3, 0.4) is 0 Å². The molecule has 0 aliphatic heterocycles. The molecule has 0 fully saturated rings. The van der Waals surface area contributed by atoms with E-state index in [1.54, 1.807) is 14.2 Å². The molecule has 2 aromatic carbocycles. The molecule has 0 saturated carbocycles. The first-order valence-electron chi connectivity index (χ1n) is 5.83. The molecule has 0 heterocycles. The first-order chi connectivity index (χ1) is 9.15. The molecular weight excluding hydrogens is 304 g/mol. The molecule has 2 rings (SSSR count). The highest BCUT2D eigenvalue weighted by atomic mass is 79.9. The number of ether oxygens (including phenoxy) is 2. The first kappa shape index (κ1) is 13.7. The number of rotatable bonds is 4. The summed E-state index contributed by atoms with van der Waals surface area (Å²) in [7, 11) is 3.26. The van der Waals surface area contributed by atoms with Gasteiger partial charge in [-0.2, -0.15) is 0 Å². The quantitative estimate of drug-likeness (QED) is 0.824. The van der Waals surface area contributed by atoms with Gasteiger partial charge in [-0.15, -0.1) is 0 Å². The molecule has 0 bridgehead atoms. The maximum atomic E-state index is 5.31. The van der Waals surface area contributed by atoms with Crippen molar-refractivity contribution in [1.29, 1.82) is 0 Å². The first-order valence-corrected chi connectivity index (χ1v) is 6.62. The normalized spacial score (nSPS) is 10.1. The van der Waals surface area contributed by atoms with Gasteiger partial charge in [0, 0.05) is 4.47 Å². The molecule has 0 aliphatic carbocycles. The predicted octanol–water partition coefficient (Wildman–Crippen LogP) is 4.53. The minimum absolute atomic E-state index is 0.707. The second-order valence-electron chi connectivity index (χ2n) is 4.06. The van der Waals surface area contributed by atoms with E-state index in [0.29, 0.717) is 5.75 Å². The summed E-state index contributed by atoms with van der Waals surface area (Å²) in [5.74, 6) is 1.42. The van der Waals surface area contributed by atoms with E-state index < -0.39 is 0 Å². The maximum absolute atomic E-state index is 5.31. The highest BCUT2D eigenvalue weighted by Gasteiger charge is 2.08. The molecule has 3 heteroatoms. The van der Waals surface area contributed by atoms with Gasteiger partial charge in [-0.25, -0.2) is 0 Å². The highest BCUT2D eigenvalue weighted by molar-refractivity contribution is 9.10. The molecular formula is C16H15BrO2. The van der Waals surface area contributed by atoms with Crippen LogP contribution in [0.2, 0.25) is 0 Å². The van der Waals surface area contributed by atoms with Gasteiger partial charge in [-0.05, 0) is 41.0 Å². The fourth-order valence-corrected chi connectivity index (χ4v) is 2.11. The Bertz CT molecular complexity index is 588. The number of halogens is 1. The van der Waals surface area contributed by atoms with Crippen LogP contribution in [0.25, 0.3) is 5.57 Å². The van der Waals surface area contributed by atoms with E-state index >= 15 is 0 Å². The summed E-state index contributed by atoms with van der Waals surface area (Å²) < 4.78 is 11.6. The zero-order valence-corrected chi connectivity index (χ0v) is 12.5. The van der Waals surface area contributed by atoms with E-state index in [4.69, 9.17) is 9.47 Å². The second-order valence-corrected chi connectivity index (χ2v) is 4.97. The number of methoxy groups -OCH3 is 2. The summed E-state index contributed by atoms with van der Waals surface area (Å²) in [6.07, 6.45) is 0. The maximum Gasteiger partial charge on any atom is 0.161 e. The lowest BCUT2D eigenvalue weighted by molar-refractivity contribution is 0.355. The summed E-state index contributed by atoms with van der Waals surface area (Å²) in [4.78, 5) is 0. The topological polar surface area (TPSA) is 18.5 Å². The summed E-state index contributed by atoms with van der Waals surface area (Å²) in [6, 6.07) is 13.9. The van der Waals surface area contributed by atoms with Crippen molar-refractivity contribution in [3.05, 3.63) is 64.6 Å². The number of hydrogen-bond donors (Lipinski definition) is 0. The minimum atomic E-state index is 0.707. The Balaban J connectivity index is 2.36. The Kier molecular flexibility index (Phi) is 4.27. The average Bonchev–Trinajstić information content (AvgIpc) is 2.46. The lowest BCUT2D eigenvalue weighted by atomic mass is 9.99. The Hall–Kier alpha value is -1.74. The Morgan fingerprint density at radius 2 is 1.47 bits per heavy atom. The summed E-state index contributed by atoms with van der Waals surface area (Å²) in [6.45, 7) is 4.14. The second kappa shape index (κ2) is 5.93. The largest absolute Gasteiger partial charge is 0.493 e. The van der Waals surface area contributed by atoms with Crippen molar-refractivity contribution in [2.75, 3.05) is 14.2 Å². The molecule has 0 radical (unpaired) electrons. The van der Waals surface area contributed by atoms with Gasteiger partial charge < -0.3 is 9.47 Å². The third-order valence-corrected chi connectivity index (χ3v) is 3.45. The smallest absolute Gasteiger partial charge is 0.161 e. The standard InChI is InChI=1S/C16H15BrO2/c1-11(12-4-7-14(17)8-5-12)13-6-9-15(18-2)16(10-13)19-3/h4-10H,1H2,2-3H3. The monoisotopic (exact) mass is 318 g/mol.